The predicted molar refractivity (Wildman–Crippen MR) is 67.3 cm³/mol. The zero-order valence-corrected chi connectivity index (χ0v) is 9.91. The van der Waals surface area contributed by atoms with Crippen LogP contribution in [0.1, 0.15) is 16.1 Å². The monoisotopic (exact) mass is 249 g/mol. The van der Waals surface area contributed by atoms with Gasteiger partial charge in [-0.3, -0.25) is 10.1 Å². The molecule has 1 aromatic carbocycles. The third kappa shape index (κ3) is 2.54. The van der Waals surface area contributed by atoms with Crippen molar-refractivity contribution < 1.29 is 9.90 Å². The lowest BCUT2D eigenvalue weighted by molar-refractivity contribution is 0.102. The molecule has 4 N–H and O–H groups in total. The summed E-state index contributed by atoms with van der Waals surface area (Å²) in [6, 6.07) is 4.24. The van der Waals surface area contributed by atoms with Crippen molar-refractivity contribution in [3.05, 3.63) is 34.8 Å². The minimum Gasteiger partial charge on any atom is -0.508 e. The smallest absolute Gasteiger partial charge is 0.259 e. The molecule has 1 aromatic heterocycles. The summed E-state index contributed by atoms with van der Waals surface area (Å²) in [4.78, 5) is 16.0. The molecule has 0 bridgehead atoms. The van der Waals surface area contributed by atoms with Gasteiger partial charge in [0.1, 0.15) is 5.75 Å². The number of aryl methyl sites for hydroxylation is 1. The Labute approximate surface area is 102 Å². The van der Waals surface area contributed by atoms with Crippen LogP contribution in [0.2, 0.25) is 0 Å². The highest BCUT2D eigenvalue weighted by molar-refractivity contribution is 7.13. The minimum absolute atomic E-state index is 0.000306. The van der Waals surface area contributed by atoms with Crippen molar-refractivity contribution in [3.63, 3.8) is 0 Å². The van der Waals surface area contributed by atoms with E-state index in [0.29, 0.717) is 10.8 Å². The number of thiazole rings is 1. The molecule has 0 aliphatic carbocycles. The molecule has 6 heteroatoms. The van der Waals surface area contributed by atoms with Gasteiger partial charge in [-0.1, -0.05) is 0 Å². The Hall–Kier alpha value is -2.08. The first-order valence-corrected chi connectivity index (χ1v) is 5.76. The third-order valence-electron chi connectivity index (χ3n) is 2.12. The number of aromatic hydroxyl groups is 1. The first kappa shape index (κ1) is 11.4. The molecular weight excluding hydrogens is 238 g/mol. The van der Waals surface area contributed by atoms with Crippen molar-refractivity contribution in [1.29, 1.82) is 0 Å². The first-order valence-electron chi connectivity index (χ1n) is 4.88. The zero-order valence-electron chi connectivity index (χ0n) is 9.10. The maximum Gasteiger partial charge on any atom is 0.259 e. The lowest BCUT2D eigenvalue weighted by Crippen LogP contribution is -2.13. The van der Waals surface area contributed by atoms with Crippen LogP contribution >= 0.6 is 11.3 Å². The van der Waals surface area contributed by atoms with Crippen molar-refractivity contribution in [1.82, 2.24) is 4.98 Å². The van der Waals surface area contributed by atoms with E-state index in [0.717, 1.165) is 5.69 Å². The summed E-state index contributed by atoms with van der Waals surface area (Å²) in [6.07, 6.45) is 0. The number of phenolic OH excluding ortho intramolecular Hbond substituents is 1. The highest BCUT2D eigenvalue weighted by Gasteiger charge is 2.12. The largest absolute Gasteiger partial charge is 0.508 e. The van der Waals surface area contributed by atoms with Crippen LogP contribution in [0.4, 0.5) is 10.8 Å². The summed E-state index contributed by atoms with van der Waals surface area (Å²) >= 11 is 1.34. The molecule has 0 spiro atoms. The first-order chi connectivity index (χ1) is 8.06. The summed E-state index contributed by atoms with van der Waals surface area (Å²) in [5.74, 6) is -0.382. The lowest BCUT2D eigenvalue weighted by atomic mass is 10.1. The van der Waals surface area contributed by atoms with Crippen LogP contribution < -0.4 is 11.1 Å². The van der Waals surface area contributed by atoms with E-state index in [-0.39, 0.29) is 17.2 Å². The summed E-state index contributed by atoms with van der Waals surface area (Å²) in [5.41, 5.74) is 7.05. The third-order valence-corrected chi connectivity index (χ3v) is 3.00. The highest BCUT2D eigenvalue weighted by Crippen LogP contribution is 2.21. The number of benzene rings is 1. The molecule has 0 fully saturated rings. The predicted octanol–water partition coefficient (Wildman–Crippen LogP) is 1.99. The Morgan fingerprint density at radius 2 is 2.29 bits per heavy atom. The summed E-state index contributed by atoms with van der Waals surface area (Å²) < 4.78 is 0. The van der Waals surface area contributed by atoms with Crippen LogP contribution in [0.15, 0.2) is 23.6 Å². The molecule has 0 radical (unpaired) electrons. The zero-order chi connectivity index (χ0) is 12.4. The molecule has 1 heterocycles. The van der Waals surface area contributed by atoms with Gasteiger partial charge in [-0.05, 0) is 25.1 Å². The maximum atomic E-state index is 11.9. The van der Waals surface area contributed by atoms with Gasteiger partial charge in [0.25, 0.3) is 5.91 Å². The molecular formula is C11H11N3O2S. The number of hydrogen-bond donors (Lipinski definition) is 3. The number of aromatic nitrogens is 1. The highest BCUT2D eigenvalue weighted by atomic mass is 32.1. The second-order valence-electron chi connectivity index (χ2n) is 3.52. The van der Waals surface area contributed by atoms with Crippen LogP contribution in [-0.2, 0) is 0 Å². The summed E-state index contributed by atoms with van der Waals surface area (Å²) in [7, 11) is 0. The maximum absolute atomic E-state index is 11.9. The molecule has 0 aliphatic rings. The number of rotatable bonds is 2. The van der Waals surface area contributed by atoms with Gasteiger partial charge >= 0.3 is 0 Å². The molecule has 2 rings (SSSR count). The number of amides is 1. The van der Waals surface area contributed by atoms with Crippen molar-refractivity contribution in [2.75, 3.05) is 11.1 Å². The van der Waals surface area contributed by atoms with Crippen LogP contribution in [0, 0.1) is 6.92 Å². The Kier molecular flexibility index (Phi) is 2.97. The molecule has 2 aromatic rings. The van der Waals surface area contributed by atoms with E-state index in [1.165, 1.54) is 29.5 Å². The average Bonchev–Trinajstić information content (AvgIpc) is 2.67. The molecule has 1 amide bonds. The molecule has 17 heavy (non-hydrogen) atoms. The van der Waals surface area contributed by atoms with Crippen LogP contribution in [-0.4, -0.2) is 16.0 Å². The van der Waals surface area contributed by atoms with E-state index >= 15 is 0 Å². The normalized spacial score (nSPS) is 10.2. The van der Waals surface area contributed by atoms with Crippen LogP contribution in [0.25, 0.3) is 0 Å². The molecule has 0 unspecified atom stereocenters. The molecule has 0 atom stereocenters. The van der Waals surface area contributed by atoms with Crippen molar-refractivity contribution in [2.24, 2.45) is 0 Å². The van der Waals surface area contributed by atoms with E-state index in [1.807, 2.05) is 12.3 Å². The van der Waals surface area contributed by atoms with E-state index in [4.69, 9.17) is 5.73 Å². The number of nitrogens with zero attached hydrogens (tertiary/aromatic N) is 1. The van der Waals surface area contributed by atoms with Gasteiger partial charge in [-0.2, -0.15) is 0 Å². The fraction of sp³-hybridized carbons (Fsp3) is 0.0909. The van der Waals surface area contributed by atoms with Crippen molar-refractivity contribution in [3.8, 4) is 5.75 Å². The van der Waals surface area contributed by atoms with Crippen LogP contribution in [0.3, 0.4) is 0 Å². The SMILES string of the molecule is Cc1csc(NC(=O)c2cc(O)ccc2N)n1. The second kappa shape index (κ2) is 4.42. The number of carbonyl (C=O) groups is 1. The fourth-order valence-corrected chi connectivity index (χ4v) is 2.00. The lowest BCUT2D eigenvalue weighted by Gasteiger charge is -2.05. The Balaban J connectivity index is 2.22. The van der Waals surface area contributed by atoms with Crippen LogP contribution in [0.5, 0.6) is 5.75 Å². The number of hydrogen-bond acceptors (Lipinski definition) is 5. The fourth-order valence-electron chi connectivity index (χ4n) is 1.32. The quantitative estimate of drug-likeness (QED) is 0.561. The number of nitrogen functional groups attached to an aromatic ring is 1. The molecule has 88 valence electrons. The van der Waals surface area contributed by atoms with E-state index < -0.39 is 0 Å². The van der Waals surface area contributed by atoms with Gasteiger partial charge in [-0.25, -0.2) is 4.98 Å². The molecule has 0 saturated carbocycles. The number of nitrogens with one attached hydrogen (secondary N) is 1. The summed E-state index contributed by atoms with van der Waals surface area (Å²) in [5, 5.41) is 14.3. The Bertz CT molecular complexity index is 566. The molecule has 5 nitrogen and oxygen atoms in total. The number of carbonyl (C=O) groups excluding carboxylic acids is 1. The number of anilines is 2. The van der Waals surface area contributed by atoms with Gasteiger partial charge < -0.3 is 10.8 Å². The van der Waals surface area contributed by atoms with Crippen molar-refractivity contribution >= 4 is 28.1 Å². The van der Waals surface area contributed by atoms with Gasteiger partial charge in [0, 0.05) is 11.1 Å². The number of nitrogens with two attached hydrogens (primary N) is 1. The van der Waals surface area contributed by atoms with Gasteiger partial charge in [0.2, 0.25) is 0 Å². The second-order valence-corrected chi connectivity index (χ2v) is 4.38. The number of phenols is 1. The van der Waals surface area contributed by atoms with E-state index in [2.05, 4.69) is 10.3 Å². The summed E-state index contributed by atoms with van der Waals surface area (Å²) in [6.45, 7) is 1.84. The topological polar surface area (TPSA) is 88.2 Å². The van der Waals surface area contributed by atoms with Gasteiger partial charge in [-0.15, -0.1) is 11.3 Å². The molecule has 0 aliphatic heterocycles. The average molecular weight is 249 g/mol. The Morgan fingerprint density at radius 1 is 1.53 bits per heavy atom. The van der Waals surface area contributed by atoms with Gasteiger partial charge in [0.15, 0.2) is 5.13 Å². The molecule has 0 saturated heterocycles. The standard InChI is InChI=1S/C11H11N3O2S/c1-6-5-17-11(13-6)14-10(16)8-4-7(15)2-3-9(8)12/h2-5,15H,12H2,1H3,(H,13,14,16). The minimum atomic E-state index is -0.382. The Morgan fingerprint density at radius 3 is 2.94 bits per heavy atom. The van der Waals surface area contributed by atoms with E-state index in [9.17, 15) is 9.90 Å². The van der Waals surface area contributed by atoms with Gasteiger partial charge in [0.05, 0.1) is 11.3 Å². The van der Waals surface area contributed by atoms with Crippen molar-refractivity contribution in [2.45, 2.75) is 6.92 Å². The van der Waals surface area contributed by atoms with E-state index in [1.54, 1.807) is 0 Å².